The van der Waals surface area contributed by atoms with Gasteiger partial charge in [-0.15, -0.1) is 0 Å². The lowest BCUT2D eigenvalue weighted by Gasteiger charge is -2.24. The molecule has 3 aromatic carbocycles. The summed E-state index contributed by atoms with van der Waals surface area (Å²) in [6.07, 6.45) is 0. The summed E-state index contributed by atoms with van der Waals surface area (Å²) >= 11 is 0. The van der Waals surface area contributed by atoms with Crippen LogP contribution in [0.1, 0.15) is 22.8 Å². The second kappa shape index (κ2) is 10.8. The van der Waals surface area contributed by atoms with Gasteiger partial charge in [-0.05, 0) is 74.0 Å². The first-order valence-corrected chi connectivity index (χ1v) is 12.0. The van der Waals surface area contributed by atoms with Gasteiger partial charge in [-0.3, -0.25) is 9.10 Å². The Hall–Kier alpha value is -3.85. The number of sulfonamides is 1. The molecule has 0 aliphatic rings. The van der Waals surface area contributed by atoms with Crippen LogP contribution in [0.4, 0.5) is 11.4 Å². The van der Waals surface area contributed by atoms with Gasteiger partial charge >= 0.3 is 5.97 Å². The molecule has 3 rings (SSSR count). The molecule has 0 spiro atoms. The van der Waals surface area contributed by atoms with Crippen LogP contribution in [-0.4, -0.2) is 40.6 Å². The van der Waals surface area contributed by atoms with Crippen molar-refractivity contribution in [3.8, 4) is 5.75 Å². The molecule has 0 heterocycles. The van der Waals surface area contributed by atoms with Crippen molar-refractivity contribution in [2.45, 2.75) is 18.7 Å². The number of aryl methyl sites for hydroxylation is 1. The van der Waals surface area contributed by atoms with E-state index in [0.29, 0.717) is 28.3 Å². The van der Waals surface area contributed by atoms with Crippen LogP contribution in [0.3, 0.4) is 0 Å². The number of nitrogens with one attached hydrogen (secondary N) is 1. The summed E-state index contributed by atoms with van der Waals surface area (Å²) in [4.78, 5) is 24.9. The molecule has 0 aromatic heterocycles. The molecule has 0 fully saturated rings. The van der Waals surface area contributed by atoms with E-state index in [2.05, 4.69) is 5.32 Å². The van der Waals surface area contributed by atoms with Crippen molar-refractivity contribution in [2.75, 3.05) is 29.9 Å². The molecule has 178 valence electrons. The van der Waals surface area contributed by atoms with Crippen LogP contribution in [0.2, 0.25) is 0 Å². The molecule has 3 aromatic rings. The van der Waals surface area contributed by atoms with Gasteiger partial charge in [-0.2, -0.15) is 0 Å². The van der Waals surface area contributed by atoms with Crippen LogP contribution in [-0.2, 0) is 19.6 Å². The van der Waals surface area contributed by atoms with Gasteiger partial charge in [0.25, 0.3) is 10.0 Å². The Kier molecular flexibility index (Phi) is 7.91. The molecular formula is C25H26N2O6S. The predicted octanol–water partition coefficient (Wildman–Crippen LogP) is 4.01. The van der Waals surface area contributed by atoms with Crippen molar-refractivity contribution in [1.29, 1.82) is 0 Å². The molecule has 0 atom stereocenters. The van der Waals surface area contributed by atoms with Crippen molar-refractivity contribution < 1.29 is 27.5 Å². The molecule has 0 unspecified atom stereocenters. The van der Waals surface area contributed by atoms with Gasteiger partial charge in [0.1, 0.15) is 12.3 Å². The third-order valence-corrected chi connectivity index (χ3v) is 6.78. The maximum atomic E-state index is 13.4. The fraction of sp³-hybridized carbons (Fsp3) is 0.200. The van der Waals surface area contributed by atoms with Crippen LogP contribution < -0.4 is 14.4 Å². The van der Waals surface area contributed by atoms with Crippen molar-refractivity contribution in [1.82, 2.24) is 0 Å². The van der Waals surface area contributed by atoms with E-state index >= 15 is 0 Å². The van der Waals surface area contributed by atoms with Crippen molar-refractivity contribution >= 4 is 33.3 Å². The number of methoxy groups -OCH3 is 1. The van der Waals surface area contributed by atoms with E-state index in [0.717, 1.165) is 4.31 Å². The summed E-state index contributed by atoms with van der Waals surface area (Å²) in [7, 11) is -2.51. The van der Waals surface area contributed by atoms with Crippen LogP contribution in [0.25, 0.3) is 0 Å². The number of carbonyl (C=O) groups excluding carboxylic acids is 2. The number of hydrogen-bond donors (Lipinski definition) is 1. The third-order valence-electron chi connectivity index (χ3n) is 4.99. The second-order valence-electron chi connectivity index (χ2n) is 7.32. The van der Waals surface area contributed by atoms with E-state index in [1.165, 1.54) is 19.2 Å². The van der Waals surface area contributed by atoms with Crippen LogP contribution >= 0.6 is 0 Å². The van der Waals surface area contributed by atoms with Gasteiger partial charge < -0.3 is 14.8 Å². The largest absolute Gasteiger partial charge is 0.497 e. The summed E-state index contributed by atoms with van der Waals surface area (Å²) < 4.78 is 38.0. The number of hydrogen-bond acceptors (Lipinski definition) is 6. The molecule has 0 bridgehead atoms. The van der Waals surface area contributed by atoms with E-state index < -0.39 is 28.4 Å². The Morgan fingerprint density at radius 1 is 0.971 bits per heavy atom. The minimum Gasteiger partial charge on any atom is -0.497 e. The Morgan fingerprint density at radius 2 is 1.65 bits per heavy atom. The summed E-state index contributed by atoms with van der Waals surface area (Å²) in [5.74, 6) is -0.437. The Balaban J connectivity index is 1.88. The van der Waals surface area contributed by atoms with Crippen LogP contribution in [0.15, 0.2) is 77.7 Å². The number of nitrogens with zero attached hydrogens (tertiary/aromatic N) is 1. The molecule has 1 N–H and O–H groups in total. The van der Waals surface area contributed by atoms with Crippen molar-refractivity contribution in [3.05, 3.63) is 83.9 Å². The summed E-state index contributed by atoms with van der Waals surface area (Å²) in [6, 6.07) is 19.0. The normalized spacial score (nSPS) is 10.9. The molecule has 1 amide bonds. The van der Waals surface area contributed by atoms with Gasteiger partial charge in [0.15, 0.2) is 0 Å². The molecule has 9 heteroatoms. The quantitative estimate of drug-likeness (QED) is 0.462. The van der Waals surface area contributed by atoms with Crippen molar-refractivity contribution in [3.63, 3.8) is 0 Å². The number of ether oxygens (including phenoxy) is 2. The van der Waals surface area contributed by atoms with Gasteiger partial charge in [-0.1, -0.05) is 18.2 Å². The average Bonchev–Trinajstić information content (AvgIpc) is 2.84. The maximum absolute atomic E-state index is 13.4. The first-order valence-electron chi connectivity index (χ1n) is 10.6. The molecule has 0 saturated heterocycles. The number of carbonyl (C=O) groups is 2. The standard InChI is InChI=1S/C25H26N2O6S/c1-4-33-25(29)19-10-15-23(18(2)16-19)26-24(28)17-27(20-11-13-21(32-3)14-12-20)34(30,31)22-8-6-5-7-9-22/h5-16H,4,17H2,1-3H3,(H,26,28). The zero-order valence-electron chi connectivity index (χ0n) is 19.1. The third kappa shape index (κ3) is 5.74. The molecule has 8 nitrogen and oxygen atoms in total. The molecule has 0 aliphatic carbocycles. The molecule has 34 heavy (non-hydrogen) atoms. The SMILES string of the molecule is CCOC(=O)c1ccc(NC(=O)CN(c2ccc(OC)cc2)S(=O)(=O)c2ccccc2)c(C)c1. The second-order valence-corrected chi connectivity index (χ2v) is 9.18. The highest BCUT2D eigenvalue weighted by molar-refractivity contribution is 7.92. The highest BCUT2D eigenvalue weighted by atomic mass is 32.2. The van der Waals surface area contributed by atoms with E-state index in [-0.39, 0.29) is 11.5 Å². The zero-order chi connectivity index (χ0) is 24.7. The highest BCUT2D eigenvalue weighted by Crippen LogP contribution is 2.26. The number of rotatable bonds is 9. The first-order chi connectivity index (χ1) is 16.3. The van der Waals surface area contributed by atoms with E-state index in [4.69, 9.17) is 9.47 Å². The number of amides is 1. The number of benzene rings is 3. The minimum atomic E-state index is -4.02. The van der Waals surface area contributed by atoms with E-state index in [9.17, 15) is 18.0 Å². The van der Waals surface area contributed by atoms with Crippen molar-refractivity contribution in [2.24, 2.45) is 0 Å². The fourth-order valence-corrected chi connectivity index (χ4v) is 4.69. The average molecular weight is 483 g/mol. The van der Waals surface area contributed by atoms with E-state index in [1.54, 1.807) is 74.5 Å². The monoisotopic (exact) mass is 482 g/mol. The number of anilines is 2. The lowest BCUT2D eigenvalue weighted by atomic mass is 10.1. The maximum Gasteiger partial charge on any atom is 0.338 e. The highest BCUT2D eigenvalue weighted by Gasteiger charge is 2.27. The van der Waals surface area contributed by atoms with E-state index in [1.807, 2.05) is 0 Å². The molecular weight excluding hydrogens is 456 g/mol. The zero-order valence-corrected chi connectivity index (χ0v) is 20.0. The first kappa shape index (κ1) is 24.8. The number of esters is 1. The van der Waals surface area contributed by atoms with Crippen LogP contribution in [0, 0.1) is 6.92 Å². The lowest BCUT2D eigenvalue weighted by molar-refractivity contribution is -0.114. The van der Waals surface area contributed by atoms with Crippen LogP contribution in [0.5, 0.6) is 5.75 Å². The summed E-state index contributed by atoms with van der Waals surface area (Å²) in [6.45, 7) is 3.26. The summed E-state index contributed by atoms with van der Waals surface area (Å²) in [5.41, 5.74) is 1.78. The molecule has 0 radical (unpaired) electrons. The minimum absolute atomic E-state index is 0.0635. The van der Waals surface area contributed by atoms with Gasteiger partial charge in [0.05, 0.1) is 29.9 Å². The van der Waals surface area contributed by atoms with Gasteiger partial charge in [0, 0.05) is 5.69 Å². The molecule has 0 saturated carbocycles. The van der Waals surface area contributed by atoms with Gasteiger partial charge in [0.2, 0.25) is 5.91 Å². The lowest BCUT2D eigenvalue weighted by Crippen LogP contribution is -2.38. The molecule has 0 aliphatic heterocycles. The Bertz CT molecular complexity index is 1260. The Morgan fingerprint density at radius 3 is 2.24 bits per heavy atom. The van der Waals surface area contributed by atoms with Gasteiger partial charge in [-0.25, -0.2) is 13.2 Å². The smallest absolute Gasteiger partial charge is 0.338 e. The summed E-state index contributed by atoms with van der Waals surface area (Å²) in [5, 5.41) is 2.73. The predicted molar refractivity (Wildman–Crippen MR) is 130 cm³/mol. The fourth-order valence-electron chi connectivity index (χ4n) is 3.25. The Labute approximate surface area is 199 Å². The topological polar surface area (TPSA) is 102 Å².